The predicted molar refractivity (Wildman–Crippen MR) is 87.6 cm³/mol. The summed E-state index contributed by atoms with van der Waals surface area (Å²) >= 11 is 0. The second-order valence-electron chi connectivity index (χ2n) is 6.98. The van der Waals surface area contributed by atoms with Crippen LogP contribution in [0, 0.1) is 5.92 Å². The highest BCUT2D eigenvalue weighted by Crippen LogP contribution is 2.43. The maximum absolute atomic E-state index is 12.1. The van der Waals surface area contributed by atoms with Crippen LogP contribution in [0.2, 0.25) is 0 Å². The fourth-order valence-corrected chi connectivity index (χ4v) is 4.31. The van der Waals surface area contributed by atoms with Gasteiger partial charge in [-0.15, -0.1) is 0 Å². The molecule has 2 aliphatic heterocycles. The van der Waals surface area contributed by atoms with Crippen LogP contribution >= 0.6 is 0 Å². The van der Waals surface area contributed by atoms with Gasteiger partial charge in [0, 0.05) is 33.1 Å². The van der Waals surface area contributed by atoms with Crippen molar-refractivity contribution in [3.8, 4) is 0 Å². The van der Waals surface area contributed by atoms with Gasteiger partial charge >= 0.3 is 5.97 Å². The van der Waals surface area contributed by atoms with E-state index in [9.17, 15) is 14.7 Å². The summed E-state index contributed by atoms with van der Waals surface area (Å²) in [4.78, 5) is 27.7. The Morgan fingerprint density at radius 2 is 2.12 bits per heavy atom. The lowest BCUT2D eigenvalue weighted by molar-refractivity contribution is -0.146. The Morgan fingerprint density at radius 1 is 1.36 bits per heavy atom. The van der Waals surface area contributed by atoms with Crippen LogP contribution in [0.25, 0.3) is 11.0 Å². The molecule has 132 valence electrons. The van der Waals surface area contributed by atoms with Gasteiger partial charge < -0.3 is 10.0 Å². The van der Waals surface area contributed by atoms with E-state index in [4.69, 9.17) is 4.63 Å². The number of fused-ring (bicyclic) bond motifs is 1. The molecule has 2 aromatic rings. The van der Waals surface area contributed by atoms with E-state index in [1.54, 1.807) is 11.9 Å². The molecule has 0 bridgehead atoms. The number of amides is 1. The van der Waals surface area contributed by atoms with E-state index < -0.39 is 17.4 Å². The first kappa shape index (κ1) is 16.0. The molecule has 25 heavy (non-hydrogen) atoms. The molecule has 4 rings (SSSR count). The number of aromatic nitrogens is 2. The summed E-state index contributed by atoms with van der Waals surface area (Å²) in [6, 6.07) is 5.79. The lowest BCUT2D eigenvalue weighted by Crippen LogP contribution is -2.55. The highest BCUT2D eigenvalue weighted by molar-refractivity contribution is 5.88. The molecule has 0 unspecified atom stereocenters. The maximum Gasteiger partial charge on any atom is 0.309 e. The summed E-state index contributed by atoms with van der Waals surface area (Å²) in [5.74, 6) is -1.56. The van der Waals surface area contributed by atoms with Crippen molar-refractivity contribution < 1.29 is 19.3 Å². The first-order valence-electron chi connectivity index (χ1n) is 8.43. The van der Waals surface area contributed by atoms with E-state index in [1.807, 2.05) is 18.2 Å². The van der Waals surface area contributed by atoms with E-state index in [-0.39, 0.29) is 12.3 Å². The van der Waals surface area contributed by atoms with Gasteiger partial charge in [0.1, 0.15) is 11.0 Å². The number of nitrogens with zero attached hydrogens (tertiary/aromatic N) is 4. The monoisotopic (exact) mass is 344 g/mol. The van der Waals surface area contributed by atoms with E-state index >= 15 is 0 Å². The van der Waals surface area contributed by atoms with Crippen molar-refractivity contribution in [1.82, 2.24) is 20.1 Å². The molecule has 8 heteroatoms. The summed E-state index contributed by atoms with van der Waals surface area (Å²) in [5, 5.41) is 17.4. The quantitative estimate of drug-likeness (QED) is 0.890. The number of hydrogen-bond donors (Lipinski definition) is 1. The van der Waals surface area contributed by atoms with Crippen LogP contribution in [0.1, 0.15) is 24.8 Å². The molecule has 8 nitrogen and oxygen atoms in total. The fraction of sp³-hybridized carbons (Fsp3) is 0.529. The van der Waals surface area contributed by atoms with Crippen LogP contribution in [-0.4, -0.2) is 62.8 Å². The van der Waals surface area contributed by atoms with Crippen LogP contribution < -0.4 is 0 Å². The van der Waals surface area contributed by atoms with Crippen LogP contribution in [0.4, 0.5) is 0 Å². The van der Waals surface area contributed by atoms with Crippen LogP contribution in [-0.2, 0) is 16.1 Å². The number of benzene rings is 1. The Morgan fingerprint density at radius 3 is 2.84 bits per heavy atom. The van der Waals surface area contributed by atoms with Gasteiger partial charge in [-0.1, -0.05) is 12.1 Å². The predicted octanol–water partition coefficient (Wildman–Crippen LogP) is 1.12. The Hall–Kier alpha value is -2.48. The number of carbonyl (C=O) groups is 2. The molecule has 0 radical (unpaired) electrons. The number of rotatable bonds is 3. The first-order valence-corrected chi connectivity index (χ1v) is 8.43. The second-order valence-corrected chi connectivity index (χ2v) is 6.98. The molecule has 0 saturated carbocycles. The smallest absolute Gasteiger partial charge is 0.309 e. The van der Waals surface area contributed by atoms with Crippen molar-refractivity contribution in [2.75, 3.05) is 20.1 Å². The third-order valence-electron chi connectivity index (χ3n) is 5.85. The van der Waals surface area contributed by atoms with Crippen molar-refractivity contribution in [3.05, 3.63) is 23.8 Å². The minimum atomic E-state index is -0.871. The van der Waals surface area contributed by atoms with E-state index in [0.717, 1.165) is 29.7 Å². The molecule has 1 aromatic heterocycles. The van der Waals surface area contributed by atoms with Crippen LogP contribution in [0.3, 0.4) is 0 Å². The van der Waals surface area contributed by atoms with Crippen molar-refractivity contribution in [3.63, 3.8) is 0 Å². The largest absolute Gasteiger partial charge is 0.481 e. The summed E-state index contributed by atoms with van der Waals surface area (Å²) in [7, 11) is 1.74. The average Bonchev–Trinajstić information content (AvgIpc) is 3.17. The summed E-state index contributed by atoms with van der Waals surface area (Å²) in [6.07, 6.45) is 1.44. The topological polar surface area (TPSA) is 99.8 Å². The zero-order valence-electron chi connectivity index (χ0n) is 14.0. The number of piperidine rings is 1. The minimum absolute atomic E-state index is 0.0701. The Kier molecular flexibility index (Phi) is 3.72. The van der Waals surface area contributed by atoms with Crippen LogP contribution in [0.15, 0.2) is 22.8 Å². The maximum atomic E-state index is 12.1. The number of aliphatic carboxylic acids is 1. The molecule has 1 aromatic carbocycles. The highest BCUT2D eigenvalue weighted by Gasteiger charge is 2.55. The summed E-state index contributed by atoms with van der Waals surface area (Å²) in [6.45, 7) is 2.18. The Bertz CT molecular complexity index is 825. The van der Waals surface area contributed by atoms with Crippen molar-refractivity contribution in [1.29, 1.82) is 0 Å². The zero-order valence-corrected chi connectivity index (χ0v) is 14.0. The zero-order chi connectivity index (χ0) is 17.6. The van der Waals surface area contributed by atoms with Gasteiger partial charge in [0.2, 0.25) is 5.91 Å². The first-order chi connectivity index (χ1) is 12.0. The molecule has 1 amide bonds. The van der Waals surface area contributed by atoms with E-state index in [2.05, 4.69) is 15.2 Å². The Balaban J connectivity index is 1.50. The molecular formula is C17H20N4O4. The lowest BCUT2D eigenvalue weighted by atomic mass is 9.77. The number of hydrogen-bond acceptors (Lipinski definition) is 6. The van der Waals surface area contributed by atoms with E-state index in [1.165, 1.54) is 0 Å². The molecule has 2 aliphatic rings. The van der Waals surface area contributed by atoms with Gasteiger partial charge in [-0.3, -0.25) is 14.5 Å². The van der Waals surface area contributed by atoms with Crippen molar-refractivity contribution in [2.45, 2.75) is 31.3 Å². The molecular weight excluding hydrogens is 324 g/mol. The third kappa shape index (κ3) is 2.48. The van der Waals surface area contributed by atoms with Gasteiger partial charge in [0.25, 0.3) is 0 Å². The standard InChI is InChI=1S/C17H20N4O4/c1-20-14(22)9-12(16(23)24)17(20)5-7-21(8-6-17)10-11-3-2-4-13-15(11)19-25-18-13/h2-4,12H,5-10H2,1H3,(H,23,24)/t12-/m1/s1. The van der Waals surface area contributed by atoms with Crippen molar-refractivity contribution >= 4 is 22.9 Å². The fourth-order valence-electron chi connectivity index (χ4n) is 4.31. The summed E-state index contributed by atoms with van der Waals surface area (Å²) < 4.78 is 4.81. The minimum Gasteiger partial charge on any atom is -0.481 e. The molecule has 1 atom stereocenters. The summed E-state index contributed by atoms with van der Waals surface area (Å²) in [5.41, 5.74) is 1.98. The molecule has 1 N–H and O–H groups in total. The van der Waals surface area contributed by atoms with Gasteiger partial charge in [-0.2, -0.15) is 0 Å². The number of carboxylic acid groups (broad SMARTS) is 1. The van der Waals surface area contributed by atoms with Gasteiger partial charge in [0.15, 0.2) is 0 Å². The number of carboxylic acids is 1. The number of likely N-dealkylation sites (tertiary alicyclic amines) is 2. The van der Waals surface area contributed by atoms with Gasteiger partial charge in [0.05, 0.1) is 11.5 Å². The molecule has 0 aliphatic carbocycles. The Labute approximate surface area is 144 Å². The molecule has 2 fully saturated rings. The second kappa shape index (κ2) is 5.80. The average molecular weight is 344 g/mol. The van der Waals surface area contributed by atoms with Gasteiger partial charge in [-0.25, -0.2) is 4.63 Å². The molecule has 1 spiro atoms. The SMILES string of the molecule is CN1C(=O)C[C@H](C(=O)O)C12CCN(Cc1cccc3nonc13)CC2. The third-order valence-corrected chi connectivity index (χ3v) is 5.85. The molecule has 3 heterocycles. The van der Waals surface area contributed by atoms with Crippen LogP contribution in [0.5, 0.6) is 0 Å². The van der Waals surface area contributed by atoms with Crippen molar-refractivity contribution in [2.24, 2.45) is 5.92 Å². The highest BCUT2D eigenvalue weighted by atomic mass is 16.6. The number of carbonyl (C=O) groups excluding carboxylic acids is 1. The lowest BCUT2D eigenvalue weighted by Gasteiger charge is -2.45. The molecule has 2 saturated heterocycles. The normalized spacial score (nSPS) is 23.6. The van der Waals surface area contributed by atoms with E-state index in [0.29, 0.717) is 19.4 Å². The van der Waals surface area contributed by atoms with Gasteiger partial charge in [-0.05, 0) is 34.8 Å².